The summed E-state index contributed by atoms with van der Waals surface area (Å²) in [4.78, 5) is 14.2. The number of carbonyl (C=O) groups excluding carboxylic acids is 1. The molecule has 0 aliphatic carbocycles. The van der Waals surface area contributed by atoms with Gasteiger partial charge in [-0.25, -0.2) is 8.42 Å². The molecule has 2 rings (SSSR count). The molecule has 1 aliphatic rings. The van der Waals surface area contributed by atoms with Crippen LogP contribution < -0.4 is 5.73 Å². The molecule has 7 heteroatoms. The molecule has 1 aromatic rings. The minimum Gasteiger partial charge on any atom is -0.337 e. The van der Waals surface area contributed by atoms with Gasteiger partial charge < -0.3 is 10.6 Å². The second-order valence-electron chi connectivity index (χ2n) is 5.42. The van der Waals surface area contributed by atoms with Gasteiger partial charge in [-0.15, -0.1) is 12.4 Å². The molecule has 2 N–H and O–H groups in total. The van der Waals surface area contributed by atoms with E-state index in [9.17, 15) is 13.2 Å². The van der Waals surface area contributed by atoms with Crippen LogP contribution in [0, 0.1) is 0 Å². The summed E-state index contributed by atoms with van der Waals surface area (Å²) in [6, 6.07) is 6.18. The number of nitrogens with two attached hydrogens (primary N) is 1. The third kappa shape index (κ3) is 3.75. The monoisotopic (exact) mass is 332 g/mol. The van der Waals surface area contributed by atoms with E-state index >= 15 is 0 Å². The molecule has 0 radical (unpaired) electrons. The lowest BCUT2D eigenvalue weighted by atomic mass is 10.2. The van der Waals surface area contributed by atoms with Gasteiger partial charge >= 0.3 is 0 Å². The molecule has 1 fully saturated rings. The highest BCUT2D eigenvalue weighted by atomic mass is 35.5. The van der Waals surface area contributed by atoms with Gasteiger partial charge in [0, 0.05) is 24.7 Å². The maximum absolute atomic E-state index is 12.2. The highest BCUT2D eigenvalue weighted by Gasteiger charge is 2.25. The Bertz CT molecular complexity index is 599. The predicted octanol–water partition coefficient (Wildman–Crippen LogP) is 1.46. The number of sulfone groups is 1. The second kappa shape index (κ2) is 6.77. The SMILES string of the molecule is CC(C)S(=O)(=O)c1ccc(C(=O)N2CC[C@@H](N)C2)cc1.Cl. The smallest absolute Gasteiger partial charge is 0.253 e. The van der Waals surface area contributed by atoms with Crippen LogP contribution in [0.1, 0.15) is 30.6 Å². The topological polar surface area (TPSA) is 80.5 Å². The molecule has 0 spiro atoms. The van der Waals surface area contributed by atoms with Crippen molar-refractivity contribution in [2.45, 2.75) is 36.5 Å². The van der Waals surface area contributed by atoms with Crippen LogP contribution >= 0.6 is 12.4 Å². The lowest BCUT2D eigenvalue weighted by Gasteiger charge is -2.16. The summed E-state index contributed by atoms with van der Waals surface area (Å²) in [6.45, 7) is 4.50. The van der Waals surface area contributed by atoms with E-state index in [1.165, 1.54) is 12.1 Å². The van der Waals surface area contributed by atoms with Crippen molar-refractivity contribution in [2.75, 3.05) is 13.1 Å². The van der Waals surface area contributed by atoms with Crippen molar-refractivity contribution in [3.05, 3.63) is 29.8 Å². The molecule has 1 aliphatic heterocycles. The lowest BCUT2D eigenvalue weighted by Crippen LogP contribution is -2.31. The fourth-order valence-electron chi connectivity index (χ4n) is 2.21. The Kier molecular flexibility index (Phi) is 5.78. The first kappa shape index (κ1) is 17.9. The summed E-state index contributed by atoms with van der Waals surface area (Å²) < 4.78 is 24.0. The molecule has 1 aromatic carbocycles. The Balaban J connectivity index is 0.00000220. The first-order valence-electron chi connectivity index (χ1n) is 6.71. The third-order valence-electron chi connectivity index (χ3n) is 3.56. The van der Waals surface area contributed by atoms with E-state index in [0.717, 1.165) is 6.42 Å². The van der Waals surface area contributed by atoms with E-state index in [1.54, 1.807) is 30.9 Å². The van der Waals surface area contributed by atoms with E-state index in [0.29, 0.717) is 18.7 Å². The van der Waals surface area contributed by atoms with Gasteiger partial charge in [0.1, 0.15) is 0 Å². The van der Waals surface area contributed by atoms with Crippen LogP contribution in [0.4, 0.5) is 0 Å². The Hall–Kier alpha value is -1.11. The standard InChI is InChI=1S/C14H20N2O3S.ClH/c1-10(2)20(18,19)13-5-3-11(4-6-13)14(17)16-8-7-12(15)9-16;/h3-6,10,12H,7-9,15H2,1-2H3;1H/t12-;/m1./s1. The lowest BCUT2D eigenvalue weighted by molar-refractivity contribution is 0.0791. The number of rotatable bonds is 3. The van der Waals surface area contributed by atoms with Gasteiger partial charge in [-0.3, -0.25) is 4.79 Å². The van der Waals surface area contributed by atoms with Crippen LogP contribution in [0.3, 0.4) is 0 Å². The first-order valence-corrected chi connectivity index (χ1v) is 8.26. The van der Waals surface area contributed by atoms with Crippen molar-refractivity contribution >= 4 is 28.2 Å². The van der Waals surface area contributed by atoms with Gasteiger partial charge in [0.25, 0.3) is 5.91 Å². The van der Waals surface area contributed by atoms with Crippen molar-refractivity contribution in [1.29, 1.82) is 0 Å². The quantitative estimate of drug-likeness (QED) is 0.908. The molecule has 1 heterocycles. The van der Waals surface area contributed by atoms with E-state index in [-0.39, 0.29) is 29.3 Å². The molecule has 0 aromatic heterocycles. The average Bonchev–Trinajstić information content (AvgIpc) is 2.84. The molecular weight excluding hydrogens is 312 g/mol. The third-order valence-corrected chi connectivity index (χ3v) is 5.73. The zero-order valence-electron chi connectivity index (χ0n) is 12.2. The number of nitrogens with zero attached hydrogens (tertiary/aromatic N) is 1. The fraction of sp³-hybridized carbons (Fsp3) is 0.500. The van der Waals surface area contributed by atoms with Crippen LogP contribution in [-0.4, -0.2) is 43.6 Å². The maximum atomic E-state index is 12.2. The molecule has 0 saturated carbocycles. The number of hydrogen-bond acceptors (Lipinski definition) is 4. The highest BCUT2D eigenvalue weighted by molar-refractivity contribution is 7.92. The first-order chi connectivity index (χ1) is 9.32. The zero-order valence-corrected chi connectivity index (χ0v) is 13.8. The highest BCUT2D eigenvalue weighted by Crippen LogP contribution is 2.18. The van der Waals surface area contributed by atoms with Crippen LogP contribution in [0.25, 0.3) is 0 Å². The summed E-state index contributed by atoms with van der Waals surface area (Å²) >= 11 is 0. The van der Waals surface area contributed by atoms with Gasteiger partial charge in [-0.05, 0) is 44.5 Å². The minimum absolute atomic E-state index is 0. The van der Waals surface area contributed by atoms with Crippen molar-refractivity contribution in [1.82, 2.24) is 4.90 Å². The molecular formula is C14H21ClN2O3S. The number of likely N-dealkylation sites (tertiary alicyclic amines) is 1. The average molecular weight is 333 g/mol. The number of carbonyl (C=O) groups is 1. The number of benzene rings is 1. The van der Waals surface area contributed by atoms with E-state index in [1.807, 2.05) is 0 Å². The Morgan fingerprint density at radius 2 is 1.86 bits per heavy atom. The van der Waals surface area contributed by atoms with Crippen molar-refractivity contribution in [3.63, 3.8) is 0 Å². The largest absolute Gasteiger partial charge is 0.337 e. The van der Waals surface area contributed by atoms with Crippen molar-refractivity contribution in [3.8, 4) is 0 Å². The van der Waals surface area contributed by atoms with Crippen LogP contribution in [0.15, 0.2) is 29.2 Å². The summed E-state index contributed by atoms with van der Waals surface area (Å²) in [7, 11) is -3.29. The van der Waals surface area contributed by atoms with Gasteiger partial charge in [-0.2, -0.15) is 0 Å². The Morgan fingerprint density at radius 1 is 1.29 bits per heavy atom. The molecule has 1 saturated heterocycles. The van der Waals surface area contributed by atoms with E-state index in [4.69, 9.17) is 5.73 Å². The second-order valence-corrected chi connectivity index (χ2v) is 7.92. The minimum atomic E-state index is -3.29. The van der Waals surface area contributed by atoms with E-state index < -0.39 is 15.1 Å². The summed E-state index contributed by atoms with van der Waals surface area (Å²) in [5.74, 6) is -0.0913. The molecule has 1 atom stereocenters. The fourth-order valence-corrected chi connectivity index (χ4v) is 3.27. The normalized spacial score (nSPS) is 18.7. The Labute approximate surface area is 131 Å². The number of hydrogen-bond donors (Lipinski definition) is 1. The van der Waals surface area contributed by atoms with Crippen molar-refractivity contribution in [2.24, 2.45) is 5.73 Å². The zero-order chi connectivity index (χ0) is 14.9. The summed E-state index contributed by atoms with van der Waals surface area (Å²) in [6.07, 6.45) is 0.811. The number of amides is 1. The van der Waals surface area contributed by atoms with Gasteiger partial charge in [0.2, 0.25) is 0 Å². The molecule has 0 unspecified atom stereocenters. The van der Waals surface area contributed by atoms with Crippen LogP contribution in [0.2, 0.25) is 0 Å². The van der Waals surface area contributed by atoms with Crippen molar-refractivity contribution < 1.29 is 13.2 Å². The summed E-state index contributed by atoms with van der Waals surface area (Å²) in [5, 5.41) is -0.472. The summed E-state index contributed by atoms with van der Waals surface area (Å²) in [5.41, 5.74) is 6.28. The molecule has 5 nitrogen and oxygen atoms in total. The molecule has 118 valence electrons. The van der Waals surface area contributed by atoms with Gasteiger partial charge in [-0.1, -0.05) is 0 Å². The Morgan fingerprint density at radius 3 is 2.29 bits per heavy atom. The number of halogens is 1. The van der Waals surface area contributed by atoms with Crippen LogP contribution in [0.5, 0.6) is 0 Å². The van der Waals surface area contributed by atoms with Crippen LogP contribution in [-0.2, 0) is 9.84 Å². The molecule has 1 amide bonds. The molecule has 21 heavy (non-hydrogen) atoms. The maximum Gasteiger partial charge on any atom is 0.253 e. The van der Waals surface area contributed by atoms with Gasteiger partial charge in [0.15, 0.2) is 9.84 Å². The molecule has 0 bridgehead atoms. The van der Waals surface area contributed by atoms with Gasteiger partial charge in [0.05, 0.1) is 10.1 Å². The van der Waals surface area contributed by atoms with E-state index in [2.05, 4.69) is 0 Å². The predicted molar refractivity (Wildman–Crippen MR) is 84.5 cm³/mol.